The van der Waals surface area contributed by atoms with Crippen LogP contribution in [0.5, 0.6) is 23.0 Å². The lowest BCUT2D eigenvalue weighted by Gasteiger charge is -2.23. The predicted molar refractivity (Wildman–Crippen MR) is 128 cm³/mol. The van der Waals surface area contributed by atoms with Gasteiger partial charge in [0.2, 0.25) is 0 Å². The van der Waals surface area contributed by atoms with Crippen molar-refractivity contribution >= 4 is 0 Å². The highest BCUT2D eigenvalue weighted by molar-refractivity contribution is 5.72. The van der Waals surface area contributed by atoms with Crippen LogP contribution < -0.4 is 9.47 Å². The van der Waals surface area contributed by atoms with Crippen LogP contribution in [-0.2, 0) is 0 Å². The van der Waals surface area contributed by atoms with Crippen molar-refractivity contribution in [3.05, 3.63) is 102 Å². The SMILES string of the molecule is CCCCCC(c1[c]cccn1)c1ccccc1-c1ccc2c(c1)Oc1ccccc1O2. The molecule has 0 saturated carbocycles. The summed E-state index contributed by atoms with van der Waals surface area (Å²) in [5, 5.41) is 0. The molecule has 0 fully saturated rings. The summed E-state index contributed by atoms with van der Waals surface area (Å²) >= 11 is 0. The van der Waals surface area contributed by atoms with Crippen LogP contribution >= 0.6 is 0 Å². The zero-order chi connectivity index (χ0) is 21.8. The quantitative estimate of drug-likeness (QED) is 0.249. The van der Waals surface area contributed by atoms with Crippen molar-refractivity contribution in [2.24, 2.45) is 0 Å². The molecule has 2 heterocycles. The molecular weight excluding hydrogens is 394 g/mol. The van der Waals surface area contributed by atoms with Crippen LogP contribution in [0.15, 0.2) is 85.1 Å². The molecule has 1 aromatic heterocycles. The van der Waals surface area contributed by atoms with Crippen LogP contribution in [0.4, 0.5) is 0 Å². The lowest BCUT2D eigenvalue weighted by atomic mass is 9.85. The summed E-state index contributed by atoms with van der Waals surface area (Å²) in [6, 6.07) is 29.8. The van der Waals surface area contributed by atoms with Gasteiger partial charge in [0.25, 0.3) is 0 Å². The van der Waals surface area contributed by atoms with Crippen LogP contribution in [-0.4, -0.2) is 4.98 Å². The number of para-hydroxylation sites is 2. The summed E-state index contributed by atoms with van der Waals surface area (Å²) in [4.78, 5) is 4.66. The number of benzene rings is 3. The van der Waals surface area contributed by atoms with Gasteiger partial charge in [0.1, 0.15) is 0 Å². The maximum atomic E-state index is 6.16. The van der Waals surface area contributed by atoms with Gasteiger partial charge in [0.15, 0.2) is 23.0 Å². The summed E-state index contributed by atoms with van der Waals surface area (Å²) in [6.07, 6.45) is 6.50. The molecule has 32 heavy (non-hydrogen) atoms. The zero-order valence-electron chi connectivity index (χ0n) is 18.3. The lowest BCUT2D eigenvalue weighted by molar-refractivity contribution is 0.360. The highest BCUT2D eigenvalue weighted by Gasteiger charge is 2.22. The van der Waals surface area contributed by atoms with E-state index in [1.165, 1.54) is 24.0 Å². The number of hydrogen-bond acceptors (Lipinski definition) is 3. The van der Waals surface area contributed by atoms with Gasteiger partial charge in [-0.25, -0.2) is 0 Å². The number of nitrogens with zero attached hydrogens (tertiary/aromatic N) is 1. The Morgan fingerprint density at radius 1 is 0.812 bits per heavy atom. The highest BCUT2D eigenvalue weighted by Crippen LogP contribution is 2.47. The number of hydrogen-bond donors (Lipinski definition) is 0. The van der Waals surface area contributed by atoms with E-state index < -0.39 is 0 Å². The third kappa shape index (κ3) is 4.11. The smallest absolute Gasteiger partial charge is 0.170 e. The number of ether oxygens (including phenoxy) is 2. The first-order chi connectivity index (χ1) is 15.8. The summed E-state index contributed by atoms with van der Waals surface area (Å²) in [7, 11) is 0. The first-order valence-electron chi connectivity index (χ1n) is 11.3. The van der Waals surface area contributed by atoms with E-state index in [1.54, 1.807) is 0 Å². The van der Waals surface area contributed by atoms with Crippen molar-refractivity contribution in [3.63, 3.8) is 0 Å². The van der Waals surface area contributed by atoms with Gasteiger partial charge in [0, 0.05) is 18.2 Å². The number of fused-ring (bicyclic) bond motifs is 2. The van der Waals surface area contributed by atoms with Crippen molar-refractivity contribution in [1.82, 2.24) is 4.98 Å². The van der Waals surface area contributed by atoms with Crippen molar-refractivity contribution in [1.29, 1.82) is 0 Å². The number of pyridine rings is 1. The van der Waals surface area contributed by atoms with E-state index >= 15 is 0 Å². The lowest BCUT2D eigenvalue weighted by Crippen LogP contribution is -2.06. The molecule has 1 aliphatic heterocycles. The molecule has 0 spiro atoms. The van der Waals surface area contributed by atoms with Gasteiger partial charge < -0.3 is 9.47 Å². The second-order valence-electron chi connectivity index (χ2n) is 8.11. The number of aromatic nitrogens is 1. The van der Waals surface area contributed by atoms with Gasteiger partial charge in [-0.05, 0) is 53.4 Å². The Bertz CT molecular complexity index is 1200. The third-order valence-electron chi connectivity index (χ3n) is 5.93. The first-order valence-corrected chi connectivity index (χ1v) is 11.3. The van der Waals surface area contributed by atoms with Crippen LogP contribution in [0.1, 0.15) is 49.8 Å². The van der Waals surface area contributed by atoms with Crippen LogP contribution in [0.3, 0.4) is 0 Å². The maximum absolute atomic E-state index is 6.16. The van der Waals surface area contributed by atoms with E-state index in [-0.39, 0.29) is 5.92 Å². The average molecular weight is 421 g/mol. The molecule has 3 heteroatoms. The fourth-order valence-corrected chi connectivity index (χ4v) is 4.32. The summed E-state index contributed by atoms with van der Waals surface area (Å²) in [5.74, 6) is 3.17. The molecule has 1 unspecified atom stereocenters. The normalized spacial score (nSPS) is 12.8. The van der Waals surface area contributed by atoms with Crippen molar-refractivity contribution in [2.45, 2.75) is 38.5 Å². The van der Waals surface area contributed by atoms with Crippen LogP contribution in [0.25, 0.3) is 11.1 Å². The van der Waals surface area contributed by atoms with E-state index in [4.69, 9.17) is 9.47 Å². The number of rotatable bonds is 7. The second kappa shape index (κ2) is 9.27. The Kier molecular flexibility index (Phi) is 5.89. The Morgan fingerprint density at radius 2 is 1.56 bits per heavy atom. The summed E-state index contributed by atoms with van der Waals surface area (Å²) < 4.78 is 12.2. The average Bonchev–Trinajstić information content (AvgIpc) is 2.86. The Hall–Kier alpha value is -3.59. The molecule has 1 atom stereocenters. The van der Waals surface area contributed by atoms with E-state index in [2.05, 4.69) is 54.4 Å². The van der Waals surface area contributed by atoms with Gasteiger partial charge in [-0.3, -0.25) is 4.98 Å². The first kappa shape index (κ1) is 20.3. The van der Waals surface area contributed by atoms with Crippen LogP contribution in [0, 0.1) is 6.07 Å². The molecule has 159 valence electrons. The van der Waals surface area contributed by atoms with Gasteiger partial charge in [-0.15, -0.1) is 0 Å². The summed E-state index contributed by atoms with van der Waals surface area (Å²) in [6.45, 7) is 2.24. The largest absolute Gasteiger partial charge is 0.450 e. The number of unbranched alkanes of at least 4 members (excludes halogenated alkanes) is 2. The molecule has 0 N–H and O–H groups in total. The molecular formula is C29H26NO2. The monoisotopic (exact) mass is 420 g/mol. The minimum Gasteiger partial charge on any atom is -0.450 e. The fourth-order valence-electron chi connectivity index (χ4n) is 4.32. The molecule has 0 amide bonds. The van der Waals surface area contributed by atoms with Gasteiger partial charge in [0.05, 0.1) is 5.69 Å². The molecule has 0 bridgehead atoms. The summed E-state index contributed by atoms with van der Waals surface area (Å²) in [5.41, 5.74) is 4.58. The topological polar surface area (TPSA) is 31.4 Å². The maximum Gasteiger partial charge on any atom is 0.170 e. The van der Waals surface area contributed by atoms with Gasteiger partial charge in [-0.1, -0.05) is 74.7 Å². The molecule has 0 aliphatic carbocycles. The van der Waals surface area contributed by atoms with Crippen molar-refractivity contribution in [3.8, 4) is 34.1 Å². The van der Waals surface area contributed by atoms with Crippen molar-refractivity contribution < 1.29 is 9.47 Å². The molecule has 3 aromatic carbocycles. The van der Waals surface area contributed by atoms with E-state index in [0.29, 0.717) is 0 Å². The van der Waals surface area contributed by atoms with Crippen LogP contribution in [0.2, 0.25) is 0 Å². The Morgan fingerprint density at radius 3 is 2.34 bits per heavy atom. The Labute approximate surface area is 189 Å². The molecule has 4 aromatic rings. The standard InChI is InChI=1S/C29H26NO2/c1-2-3-4-13-24(25-14-9-10-19-30-25)23-12-6-5-11-22(23)21-17-18-28-29(20-21)32-27-16-8-7-15-26(27)31-28/h5-12,15-20,24H,2-4,13H2,1H3. The van der Waals surface area contributed by atoms with Gasteiger partial charge >= 0.3 is 0 Å². The van der Waals surface area contributed by atoms with Crippen molar-refractivity contribution in [2.75, 3.05) is 0 Å². The predicted octanol–water partition coefficient (Wildman–Crippen LogP) is 8.16. The highest BCUT2D eigenvalue weighted by atomic mass is 16.6. The second-order valence-corrected chi connectivity index (χ2v) is 8.11. The molecule has 1 aliphatic rings. The molecule has 1 radical (unpaired) electrons. The molecule has 0 saturated heterocycles. The van der Waals surface area contributed by atoms with E-state index in [1.807, 2.05) is 48.7 Å². The third-order valence-corrected chi connectivity index (χ3v) is 5.93. The van der Waals surface area contributed by atoms with E-state index in [0.717, 1.165) is 47.1 Å². The Balaban J connectivity index is 1.53. The minimum atomic E-state index is 0.202. The van der Waals surface area contributed by atoms with Gasteiger partial charge in [-0.2, -0.15) is 0 Å². The zero-order valence-corrected chi connectivity index (χ0v) is 18.3. The minimum absolute atomic E-state index is 0.202. The van der Waals surface area contributed by atoms with E-state index in [9.17, 15) is 0 Å². The molecule has 3 nitrogen and oxygen atoms in total. The fraction of sp³-hybridized carbons (Fsp3) is 0.207. The molecule has 5 rings (SSSR count).